The predicted molar refractivity (Wildman–Crippen MR) is 77.4 cm³/mol. The molecule has 18 heavy (non-hydrogen) atoms. The van der Waals surface area contributed by atoms with Crippen molar-refractivity contribution in [1.82, 2.24) is 4.90 Å². The number of nitrogens with zero attached hydrogens (tertiary/aromatic N) is 1. The van der Waals surface area contributed by atoms with Gasteiger partial charge in [-0.1, -0.05) is 44.2 Å². The summed E-state index contributed by atoms with van der Waals surface area (Å²) in [5.41, 5.74) is 7.86. The van der Waals surface area contributed by atoms with E-state index in [-0.39, 0.29) is 0 Å². The lowest BCUT2D eigenvalue weighted by molar-refractivity contribution is 0.200. The number of hydrogen-bond donors (Lipinski definition) is 1. The minimum absolute atomic E-state index is 0.389. The van der Waals surface area contributed by atoms with Gasteiger partial charge in [0.15, 0.2) is 0 Å². The van der Waals surface area contributed by atoms with Gasteiger partial charge < -0.3 is 5.73 Å². The van der Waals surface area contributed by atoms with Crippen molar-refractivity contribution in [1.29, 1.82) is 0 Å². The fourth-order valence-corrected chi connectivity index (χ4v) is 2.93. The second kappa shape index (κ2) is 5.85. The Bertz CT molecular complexity index is 359. The van der Waals surface area contributed by atoms with Gasteiger partial charge in [-0.15, -0.1) is 0 Å². The normalized spacial score (nSPS) is 22.4. The molecule has 2 heteroatoms. The van der Waals surface area contributed by atoms with E-state index < -0.39 is 0 Å². The number of likely N-dealkylation sites (tertiary alicyclic amines) is 1. The van der Waals surface area contributed by atoms with Crippen molar-refractivity contribution in [3.63, 3.8) is 0 Å². The predicted octanol–water partition coefficient (Wildman–Crippen LogP) is 3.20. The smallest absolute Gasteiger partial charge is 0.0470 e. The van der Waals surface area contributed by atoms with E-state index in [1.54, 1.807) is 0 Å². The second-order valence-electron chi connectivity index (χ2n) is 6.22. The van der Waals surface area contributed by atoms with Crippen molar-refractivity contribution < 1.29 is 0 Å². The topological polar surface area (TPSA) is 29.3 Å². The SMILES string of the molecule is CC1(C)CCCN(C(CN)c2ccccc2)CC1. The number of rotatable bonds is 3. The van der Waals surface area contributed by atoms with Crippen LogP contribution in [0.15, 0.2) is 30.3 Å². The summed E-state index contributed by atoms with van der Waals surface area (Å²) in [6.45, 7) is 7.83. The standard InChI is InChI=1S/C16H26N2/c1-16(2)9-6-11-18(12-10-16)15(13-17)14-7-4-3-5-8-14/h3-5,7-8,15H,6,9-13,17H2,1-2H3. The summed E-state index contributed by atoms with van der Waals surface area (Å²) in [4.78, 5) is 2.57. The molecule has 0 spiro atoms. The van der Waals surface area contributed by atoms with Crippen LogP contribution in [0.25, 0.3) is 0 Å². The van der Waals surface area contributed by atoms with Crippen molar-refractivity contribution in [2.24, 2.45) is 11.1 Å². The lowest BCUT2D eigenvalue weighted by atomic mass is 9.85. The van der Waals surface area contributed by atoms with Crippen LogP contribution in [0, 0.1) is 5.41 Å². The van der Waals surface area contributed by atoms with Crippen LogP contribution in [0.4, 0.5) is 0 Å². The molecular weight excluding hydrogens is 220 g/mol. The third-order valence-electron chi connectivity index (χ3n) is 4.22. The van der Waals surface area contributed by atoms with E-state index in [2.05, 4.69) is 49.1 Å². The van der Waals surface area contributed by atoms with Gasteiger partial charge in [0.2, 0.25) is 0 Å². The molecule has 1 atom stereocenters. The molecule has 0 aliphatic carbocycles. The first-order valence-electron chi connectivity index (χ1n) is 7.11. The highest BCUT2D eigenvalue weighted by Crippen LogP contribution is 2.32. The van der Waals surface area contributed by atoms with Gasteiger partial charge in [-0.05, 0) is 43.3 Å². The van der Waals surface area contributed by atoms with Crippen LogP contribution in [0.3, 0.4) is 0 Å². The van der Waals surface area contributed by atoms with Crippen LogP contribution in [-0.4, -0.2) is 24.5 Å². The monoisotopic (exact) mass is 246 g/mol. The third-order valence-corrected chi connectivity index (χ3v) is 4.22. The summed E-state index contributed by atoms with van der Waals surface area (Å²) in [5, 5.41) is 0. The maximum atomic E-state index is 6.01. The zero-order valence-corrected chi connectivity index (χ0v) is 11.7. The van der Waals surface area contributed by atoms with Crippen LogP contribution in [0.5, 0.6) is 0 Å². The molecule has 1 unspecified atom stereocenters. The number of benzene rings is 1. The highest BCUT2D eigenvalue weighted by atomic mass is 15.2. The fourth-order valence-electron chi connectivity index (χ4n) is 2.93. The Labute approximate surface area is 111 Å². The Morgan fingerprint density at radius 2 is 1.89 bits per heavy atom. The molecule has 2 N–H and O–H groups in total. The zero-order valence-electron chi connectivity index (χ0n) is 11.7. The maximum absolute atomic E-state index is 6.01. The average Bonchev–Trinajstić information content (AvgIpc) is 2.54. The molecule has 1 aliphatic rings. The Balaban J connectivity index is 2.09. The molecule has 1 saturated heterocycles. The van der Waals surface area contributed by atoms with Crippen LogP contribution < -0.4 is 5.73 Å². The summed E-state index contributed by atoms with van der Waals surface area (Å²) >= 11 is 0. The van der Waals surface area contributed by atoms with Gasteiger partial charge >= 0.3 is 0 Å². The molecule has 0 radical (unpaired) electrons. The Morgan fingerprint density at radius 3 is 2.56 bits per heavy atom. The summed E-state index contributed by atoms with van der Waals surface area (Å²) in [5.74, 6) is 0. The van der Waals surface area contributed by atoms with E-state index in [9.17, 15) is 0 Å². The van der Waals surface area contributed by atoms with Crippen LogP contribution in [0.1, 0.15) is 44.7 Å². The second-order valence-corrected chi connectivity index (χ2v) is 6.22. The maximum Gasteiger partial charge on any atom is 0.0470 e. The fraction of sp³-hybridized carbons (Fsp3) is 0.625. The van der Waals surface area contributed by atoms with Crippen molar-refractivity contribution >= 4 is 0 Å². The summed E-state index contributed by atoms with van der Waals surface area (Å²) in [6.07, 6.45) is 3.89. The molecular formula is C16H26N2. The van der Waals surface area contributed by atoms with E-state index in [1.807, 2.05) is 0 Å². The van der Waals surface area contributed by atoms with Gasteiger partial charge in [0, 0.05) is 12.6 Å². The third kappa shape index (κ3) is 3.33. The molecule has 1 fully saturated rings. The van der Waals surface area contributed by atoms with Gasteiger partial charge in [0.05, 0.1) is 0 Å². The molecule has 0 amide bonds. The Hall–Kier alpha value is -0.860. The van der Waals surface area contributed by atoms with E-state index >= 15 is 0 Å². The molecule has 1 aliphatic heterocycles. The molecule has 2 rings (SSSR count). The zero-order chi connectivity index (χ0) is 13.0. The number of nitrogens with two attached hydrogens (primary N) is 1. The Kier molecular flexibility index (Phi) is 4.41. The van der Waals surface area contributed by atoms with Crippen molar-refractivity contribution in [3.8, 4) is 0 Å². The average molecular weight is 246 g/mol. The van der Waals surface area contributed by atoms with Gasteiger partial charge in [0.1, 0.15) is 0 Å². The molecule has 0 bridgehead atoms. The molecule has 1 heterocycles. The largest absolute Gasteiger partial charge is 0.329 e. The lowest BCUT2D eigenvalue weighted by Crippen LogP contribution is -2.34. The van der Waals surface area contributed by atoms with Crippen LogP contribution in [0.2, 0.25) is 0 Å². The molecule has 1 aromatic rings. The first kappa shape index (κ1) is 13.6. The first-order valence-corrected chi connectivity index (χ1v) is 7.11. The lowest BCUT2D eigenvalue weighted by Gasteiger charge is -2.30. The molecule has 100 valence electrons. The van der Waals surface area contributed by atoms with E-state index in [0.717, 1.165) is 0 Å². The summed E-state index contributed by atoms with van der Waals surface area (Å²) < 4.78 is 0. The molecule has 1 aromatic carbocycles. The molecule has 0 saturated carbocycles. The van der Waals surface area contributed by atoms with E-state index in [1.165, 1.54) is 37.9 Å². The van der Waals surface area contributed by atoms with Crippen molar-refractivity contribution in [2.45, 2.75) is 39.2 Å². The van der Waals surface area contributed by atoms with Crippen LogP contribution >= 0.6 is 0 Å². The Morgan fingerprint density at radius 1 is 1.17 bits per heavy atom. The highest BCUT2D eigenvalue weighted by Gasteiger charge is 2.26. The van der Waals surface area contributed by atoms with Gasteiger partial charge in [0.25, 0.3) is 0 Å². The minimum Gasteiger partial charge on any atom is -0.329 e. The van der Waals surface area contributed by atoms with E-state index in [4.69, 9.17) is 5.73 Å². The van der Waals surface area contributed by atoms with Gasteiger partial charge in [-0.3, -0.25) is 4.90 Å². The van der Waals surface area contributed by atoms with Gasteiger partial charge in [-0.2, -0.15) is 0 Å². The summed E-state index contributed by atoms with van der Waals surface area (Å²) in [6, 6.07) is 11.1. The first-order chi connectivity index (χ1) is 8.62. The highest BCUT2D eigenvalue weighted by molar-refractivity contribution is 5.19. The minimum atomic E-state index is 0.389. The van der Waals surface area contributed by atoms with Crippen molar-refractivity contribution in [3.05, 3.63) is 35.9 Å². The number of hydrogen-bond acceptors (Lipinski definition) is 2. The molecule has 0 aromatic heterocycles. The molecule has 2 nitrogen and oxygen atoms in total. The van der Waals surface area contributed by atoms with Crippen LogP contribution in [-0.2, 0) is 0 Å². The quantitative estimate of drug-likeness (QED) is 0.887. The van der Waals surface area contributed by atoms with Crippen molar-refractivity contribution in [2.75, 3.05) is 19.6 Å². The van der Waals surface area contributed by atoms with Gasteiger partial charge in [-0.25, -0.2) is 0 Å². The van der Waals surface area contributed by atoms with E-state index in [0.29, 0.717) is 18.0 Å². The summed E-state index contributed by atoms with van der Waals surface area (Å²) in [7, 11) is 0.